The van der Waals surface area contributed by atoms with Gasteiger partial charge < -0.3 is 0 Å². The van der Waals surface area contributed by atoms with Crippen LogP contribution in [0, 0.1) is 17.0 Å². The first kappa shape index (κ1) is 13.9. The Morgan fingerprint density at radius 3 is 2.90 bits per heavy atom. The quantitative estimate of drug-likeness (QED) is 0.533. The number of nitro benzene ring substituents is 1. The number of amides is 1. The van der Waals surface area contributed by atoms with Crippen LogP contribution < -0.4 is 5.43 Å². The molecule has 0 radical (unpaired) electrons. The summed E-state index contributed by atoms with van der Waals surface area (Å²) in [6, 6.07) is 6.16. The van der Waals surface area contributed by atoms with Crippen LogP contribution in [0.1, 0.15) is 21.5 Å². The predicted octanol–water partition coefficient (Wildman–Crippen LogP) is 2.73. The van der Waals surface area contributed by atoms with Crippen molar-refractivity contribution < 1.29 is 9.72 Å². The van der Waals surface area contributed by atoms with Crippen molar-refractivity contribution in [3.05, 3.63) is 61.8 Å². The van der Waals surface area contributed by atoms with E-state index in [4.69, 9.17) is 0 Å². The highest BCUT2D eigenvalue weighted by molar-refractivity contribution is 7.08. The Morgan fingerprint density at radius 1 is 1.45 bits per heavy atom. The minimum atomic E-state index is -0.513. The monoisotopic (exact) mass is 289 g/mol. The normalized spacial score (nSPS) is 10.7. The van der Waals surface area contributed by atoms with E-state index < -0.39 is 10.8 Å². The summed E-state index contributed by atoms with van der Waals surface area (Å²) in [5.74, 6) is -0.487. The number of hydrogen-bond donors (Lipinski definition) is 1. The molecule has 2 rings (SSSR count). The van der Waals surface area contributed by atoms with E-state index in [2.05, 4.69) is 10.5 Å². The molecular weight excluding hydrogens is 278 g/mol. The van der Waals surface area contributed by atoms with Crippen molar-refractivity contribution in [3.63, 3.8) is 0 Å². The number of nitrogens with zero attached hydrogens (tertiary/aromatic N) is 2. The number of nitro groups is 1. The van der Waals surface area contributed by atoms with Crippen LogP contribution in [0.5, 0.6) is 0 Å². The van der Waals surface area contributed by atoms with Crippen LogP contribution in [-0.4, -0.2) is 17.0 Å². The summed E-state index contributed by atoms with van der Waals surface area (Å²) in [6.45, 7) is 1.62. The molecule has 0 atom stereocenters. The third-order valence-electron chi connectivity index (χ3n) is 2.59. The zero-order chi connectivity index (χ0) is 14.5. The molecule has 1 aromatic heterocycles. The molecule has 0 saturated heterocycles. The maximum atomic E-state index is 11.8. The molecule has 0 unspecified atom stereocenters. The fourth-order valence-corrected chi connectivity index (χ4v) is 2.14. The Hall–Kier alpha value is -2.54. The van der Waals surface area contributed by atoms with E-state index in [1.807, 2.05) is 16.8 Å². The van der Waals surface area contributed by atoms with Gasteiger partial charge in [0.2, 0.25) is 0 Å². The van der Waals surface area contributed by atoms with Crippen LogP contribution in [0.25, 0.3) is 0 Å². The molecule has 0 aliphatic heterocycles. The average Bonchev–Trinajstić information content (AvgIpc) is 2.92. The molecule has 1 amide bonds. The maximum absolute atomic E-state index is 11.8. The zero-order valence-electron chi connectivity index (χ0n) is 10.6. The van der Waals surface area contributed by atoms with E-state index in [9.17, 15) is 14.9 Å². The number of benzene rings is 1. The van der Waals surface area contributed by atoms with Crippen molar-refractivity contribution in [1.82, 2.24) is 5.43 Å². The van der Waals surface area contributed by atoms with Gasteiger partial charge in [-0.2, -0.15) is 16.4 Å². The first-order chi connectivity index (χ1) is 9.58. The van der Waals surface area contributed by atoms with Gasteiger partial charge in [-0.25, -0.2) is 5.43 Å². The van der Waals surface area contributed by atoms with Gasteiger partial charge in [-0.15, -0.1) is 0 Å². The van der Waals surface area contributed by atoms with Crippen molar-refractivity contribution in [3.8, 4) is 0 Å². The topological polar surface area (TPSA) is 84.6 Å². The summed E-state index contributed by atoms with van der Waals surface area (Å²) >= 11 is 1.52. The molecular formula is C13H11N3O3S. The first-order valence-electron chi connectivity index (χ1n) is 5.68. The molecule has 102 valence electrons. The highest BCUT2D eigenvalue weighted by Crippen LogP contribution is 2.19. The third kappa shape index (κ3) is 3.27. The predicted molar refractivity (Wildman–Crippen MR) is 77.2 cm³/mol. The average molecular weight is 289 g/mol. The molecule has 0 saturated carbocycles. The van der Waals surface area contributed by atoms with Crippen molar-refractivity contribution in [2.75, 3.05) is 0 Å². The van der Waals surface area contributed by atoms with Gasteiger partial charge in [0.1, 0.15) is 0 Å². The second-order valence-electron chi connectivity index (χ2n) is 4.01. The lowest BCUT2D eigenvalue weighted by atomic mass is 10.1. The second-order valence-corrected chi connectivity index (χ2v) is 4.79. The molecule has 0 spiro atoms. The van der Waals surface area contributed by atoms with Crippen molar-refractivity contribution in [2.24, 2.45) is 5.10 Å². The molecule has 7 heteroatoms. The molecule has 1 heterocycles. The van der Waals surface area contributed by atoms with Crippen LogP contribution in [0.4, 0.5) is 5.69 Å². The van der Waals surface area contributed by atoms with Gasteiger partial charge in [-0.1, -0.05) is 6.07 Å². The Bertz CT molecular complexity index is 666. The number of rotatable bonds is 4. The molecule has 6 nitrogen and oxygen atoms in total. The number of carbonyl (C=O) groups excluding carboxylic acids is 1. The van der Waals surface area contributed by atoms with E-state index >= 15 is 0 Å². The number of hydrazone groups is 1. The Labute approximate surface area is 118 Å². The lowest BCUT2D eigenvalue weighted by Crippen LogP contribution is -2.17. The molecule has 0 bridgehead atoms. The van der Waals surface area contributed by atoms with Gasteiger partial charge >= 0.3 is 0 Å². The van der Waals surface area contributed by atoms with Crippen molar-refractivity contribution in [2.45, 2.75) is 6.92 Å². The highest BCUT2D eigenvalue weighted by Gasteiger charge is 2.14. The van der Waals surface area contributed by atoms with E-state index in [1.165, 1.54) is 35.8 Å². The fourth-order valence-electron chi connectivity index (χ4n) is 1.53. The Kier molecular flexibility index (Phi) is 4.21. The smallest absolute Gasteiger partial charge is 0.267 e. The summed E-state index contributed by atoms with van der Waals surface area (Å²) in [5.41, 5.74) is 3.84. The molecule has 0 fully saturated rings. The van der Waals surface area contributed by atoms with Gasteiger partial charge in [0, 0.05) is 22.8 Å². The molecule has 2 aromatic rings. The van der Waals surface area contributed by atoms with E-state index in [-0.39, 0.29) is 11.3 Å². The zero-order valence-corrected chi connectivity index (χ0v) is 11.4. The molecule has 0 aliphatic carbocycles. The maximum Gasteiger partial charge on any atom is 0.273 e. The number of nitrogens with one attached hydrogen (secondary N) is 1. The molecule has 20 heavy (non-hydrogen) atoms. The van der Waals surface area contributed by atoms with E-state index in [0.717, 1.165) is 5.56 Å². The first-order valence-corrected chi connectivity index (χ1v) is 6.63. The number of carbonyl (C=O) groups is 1. The summed E-state index contributed by atoms with van der Waals surface area (Å²) in [7, 11) is 0. The standard InChI is InChI=1S/C13H11N3O3S/c1-9-2-3-11(6-12(9)16(18)19)13(17)15-14-7-10-4-5-20-8-10/h2-8H,1H3,(H,15,17)/b14-7+. The minimum Gasteiger partial charge on any atom is -0.267 e. The Balaban J connectivity index is 2.09. The van der Waals surface area contributed by atoms with Crippen LogP contribution >= 0.6 is 11.3 Å². The largest absolute Gasteiger partial charge is 0.273 e. The lowest BCUT2D eigenvalue weighted by molar-refractivity contribution is -0.385. The van der Waals surface area contributed by atoms with Crippen molar-refractivity contribution in [1.29, 1.82) is 0 Å². The molecule has 1 N–H and O–H groups in total. The van der Waals surface area contributed by atoms with Crippen LogP contribution in [-0.2, 0) is 0 Å². The van der Waals surface area contributed by atoms with Gasteiger partial charge in [0.05, 0.1) is 11.1 Å². The highest BCUT2D eigenvalue weighted by atomic mass is 32.1. The number of thiophene rings is 1. The van der Waals surface area contributed by atoms with Gasteiger partial charge in [0.25, 0.3) is 11.6 Å². The second kappa shape index (κ2) is 6.07. The van der Waals surface area contributed by atoms with E-state index in [0.29, 0.717) is 5.56 Å². The molecule has 1 aromatic carbocycles. The van der Waals surface area contributed by atoms with Gasteiger partial charge in [-0.05, 0) is 29.8 Å². The summed E-state index contributed by atoms with van der Waals surface area (Å²) in [6.07, 6.45) is 1.51. The summed E-state index contributed by atoms with van der Waals surface area (Å²) in [4.78, 5) is 22.1. The number of aryl methyl sites for hydroxylation is 1. The van der Waals surface area contributed by atoms with Crippen LogP contribution in [0.2, 0.25) is 0 Å². The van der Waals surface area contributed by atoms with Gasteiger partial charge in [-0.3, -0.25) is 14.9 Å². The summed E-state index contributed by atoms with van der Waals surface area (Å²) < 4.78 is 0. The van der Waals surface area contributed by atoms with Gasteiger partial charge in [0.15, 0.2) is 0 Å². The lowest BCUT2D eigenvalue weighted by Gasteiger charge is -2.01. The SMILES string of the molecule is Cc1ccc(C(=O)N/N=C/c2ccsc2)cc1[N+](=O)[O-]. The number of hydrogen-bond acceptors (Lipinski definition) is 5. The fraction of sp³-hybridized carbons (Fsp3) is 0.0769. The van der Waals surface area contributed by atoms with Crippen LogP contribution in [0.15, 0.2) is 40.1 Å². The summed E-state index contributed by atoms with van der Waals surface area (Å²) in [5, 5.41) is 18.4. The molecule has 0 aliphatic rings. The third-order valence-corrected chi connectivity index (χ3v) is 3.29. The van der Waals surface area contributed by atoms with Crippen LogP contribution in [0.3, 0.4) is 0 Å². The minimum absolute atomic E-state index is 0.0838. The van der Waals surface area contributed by atoms with E-state index in [1.54, 1.807) is 6.92 Å². The van der Waals surface area contributed by atoms with Crippen molar-refractivity contribution >= 4 is 29.1 Å². The Morgan fingerprint density at radius 2 is 2.25 bits per heavy atom.